The molecule has 0 fully saturated rings. The van der Waals surface area contributed by atoms with Crippen LogP contribution >= 0.6 is 0 Å². The minimum Gasteiger partial charge on any atom is -0.465 e. The molecule has 0 aliphatic rings. The molecule has 0 saturated carbocycles. The van der Waals surface area contributed by atoms with Crippen LogP contribution in [0.1, 0.15) is 42.7 Å². The van der Waals surface area contributed by atoms with Crippen LogP contribution in [0.25, 0.3) is 11.1 Å². The molecular formula is C25H27N3O3. The number of nitriles is 1. The van der Waals surface area contributed by atoms with Crippen molar-refractivity contribution in [3.63, 3.8) is 0 Å². The third-order valence-corrected chi connectivity index (χ3v) is 5.34. The summed E-state index contributed by atoms with van der Waals surface area (Å²) < 4.78 is 8.32. The molecular weight excluding hydrogens is 390 g/mol. The number of aromatic nitrogens is 2. The number of benzene rings is 2. The van der Waals surface area contributed by atoms with E-state index in [1.54, 1.807) is 24.7 Å². The van der Waals surface area contributed by atoms with Crippen molar-refractivity contribution < 1.29 is 9.53 Å². The third kappa shape index (κ3) is 4.77. The molecule has 0 unspecified atom stereocenters. The largest absolute Gasteiger partial charge is 0.465 e. The van der Waals surface area contributed by atoms with Gasteiger partial charge in [0.25, 0.3) is 5.56 Å². The fourth-order valence-corrected chi connectivity index (χ4v) is 3.83. The lowest BCUT2D eigenvalue weighted by Gasteiger charge is -2.12. The van der Waals surface area contributed by atoms with Gasteiger partial charge >= 0.3 is 5.97 Å². The van der Waals surface area contributed by atoms with Crippen molar-refractivity contribution in [2.45, 2.75) is 39.7 Å². The van der Waals surface area contributed by atoms with Crippen molar-refractivity contribution in [2.24, 2.45) is 7.05 Å². The van der Waals surface area contributed by atoms with E-state index in [0.717, 1.165) is 28.8 Å². The minimum absolute atomic E-state index is 0.0266. The number of nitrogens with zero attached hydrogens (tertiary/aromatic N) is 3. The second-order valence-corrected chi connectivity index (χ2v) is 7.40. The van der Waals surface area contributed by atoms with Crippen molar-refractivity contribution in [2.75, 3.05) is 6.61 Å². The highest BCUT2D eigenvalue weighted by molar-refractivity contribution is 5.70. The van der Waals surface area contributed by atoms with E-state index >= 15 is 0 Å². The highest BCUT2D eigenvalue weighted by Gasteiger charge is 2.20. The van der Waals surface area contributed by atoms with E-state index in [9.17, 15) is 14.9 Å². The average molecular weight is 418 g/mol. The van der Waals surface area contributed by atoms with Crippen molar-refractivity contribution in [3.05, 3.63) is 81.3 Å². The molecule has 0 atom stereocenters. The van der Waals surface area contributed by atoms with Crippen LogP contribution in [0, 0.1) is 11.3 Å². The van der Waals surface area contributed by atoms with E-state index in [2.05, 4.69) is 13.0 Å². The molecule has 0 N–H and O–H groups in total. The first kappa shape index (κ1) is 22.1. The van der Waals surface area contributed by atoms with Crippen LogP contribution in [0.4, 0.5) is 0 Å². The zero-order chi connectivity index (χ0) is 22.4. The molecule has 1 aromatic heterocycles. The monoisotopic (exact) mass is 417 g/mol. The summed E-state index contributed by atoms with van der Waals surface area (Å²) >= 11 is 0. The predicted octanol–water partition coefficient (Wildman–Crippen LogP) is 3.83. The molecule has 3 aromatic rings. The first-order valence-corrected chi connectivity index (χ1v) is 10.5. The number of rotatable bonds is 8. The Bertz CT molecular complexity index is 1160. The summed E-state index contributed by atoms with van der Waals surface area (Å²) in [5.74, 6) is -0.350. The predicted molar refractivity (Wildman–Crippen MR) is 120 cm³/mol. The molecule has 0 amide bonds. The molecule has 31 heavy (non-hydrogen) atoms. The lowest BCUT2D eigenvalue weighted by atomic mass is 9.97. The van der Waals surface area contributed by atoms with Crippen LogP contribution < -0.4 is 5.56 Å². The summed E-state index contributed by atoms with van der Waals surface area (Å²) in [5, 5.41) is 9.34. The normalized spacial score (nSPS) is 10.6. The highest BCUT2D eigenvalue weighted by Crippen LogP contribution is 2.24. The number of carbonyl (C=O) groups excluding carboxylic acids is 1. The summed E-state index contributed by atoms with van der Waals surface area (Å²) in [4.78, 5) is 25.0. The summed E-state index contributed by atoms with van der Waals surface area (Å²) in [6.45, 7) is 4.16. The molecule has 0 saturated heterocycles. The Morgan fingerprint density at radius 1 is 1.10 bits per heavy atom. The van der Waals surface area contributed by atoms with E-state index in [4.69, 9.17) is 4.74 Å². The van der Waals surface area contributed by atoms with Gasteiger partial charge in [0.05, 0.1) is 18.2 Å². The molecule has 0 spiro atoms. The van der Waals surface area contributed by atoms with Crippen molar-refractivity contribution in [1.82, 2.24) is 9.36 Å². The summed E-state index contributed by atoms with van der Waals surface area (Å²) in [6.07, 6.45) is 2.06. The van der Waals surface area contributed by atoms with E-state index in [1.165, 1.54) is 4.68 Å². The molecule has 6 nitrogen and oxygen atoms in total. The van der Waals surface area contributed by atoms with Gasteiger partial charge < -0.3 is 4.74 Å². The van der Waals surface area contributed by atoms with Gasteiger partial charge in [0, 0.05) is 24.7 Å². The quantitative estimate of drug-likeness (QED) is 0.522. The number of esters is 1. The number of carbonyl (C=O) groups is 1. The van der Waals surface area contributed by atoms with Crippen LogP contribution in [-0.4, -0.2) is 21.9 Å². The zero-order valence-electron chi connectivity index (χ0n) is 18.2. The Morgan fingerprint density at radius 2 is 1.81 bits per heavy atom. The molecule has 0 aliphatic carbocycles. The van der Waals surface area contributed by atoms with E-state index < -0.39 is 0 Å². The van der Waals surface area contributed by atoms with Crippen LogP contribution in [-0.2, 0) is 36.0 Å². The molecule has 2 aromatic carbocycles. The van der Waals surface area contributed by atoms with Crippen LogP contribution in [0.2, 0.25) is 0 Å². The highest BCUT2D eigenvalue weighted by atomic mass is 16.5. The van der Waals surface area contributed by atoms with Crippen molar-refractivity contribution >= 4 is 5.97 Å². The SMILES string of the molecule is CCCc1c(Cc2ccc(-c3ccccc3C#N)cc2)c(=O)n(C)n1CC(=O)OCC. The van der Waals surface area contributed by atoms with Crippen molar-refractivity contribution in [1.29, 1.82) is 5.26 Å². The summed E-state index contributed by atoms with van der Waals surface area (Å²) in [7, 11) is 1.69. The fourth-order valence-electron chi connectivity index (χ4n) is 3.83. The summed E-state index contributed by atoms with van der Waals surface area (Å²) in [5.41, 5.74) is 4.97. The first-order chi connectivity index (χ1) is 15.0. The average Bonchev–Trinajstić information content (AvgIpc) is 2.99. The maximum Gasteiger partial charge on any atom is 0.327 e. The standard InChI is InChI=1S/C25H27N3O3/c1-4-8-23-22(25(30)27(3)28(23)17-24(29)31-5-2)15-18-11-13-19(14-12-18)21-10-7-6-9-20(21)16-26/h6-7,9-14H,4-5,8,15,17H2,1-3H3. The Hall–Kier alpha value is -3.59. The minimum atomic E-state index is -0.350. The van der Waals surface area contributed by atoms with Gasteiger partial charge in [-0.25, -0.2) is 0 Å². The van der Waals surface area contributed by atoms with E-state index in [1.807, 2.05) is 42.5 Å². The van der Waals surface area contributed by atoms with Gasteiger partial charge in [0.1, 0.15) is 6.54 Å². The Balaban J connectivity index is 1.92. The number of hydrogen-bond donors (Lipinski definition) is 0. The molecule has 6 heteroatoms. The molecule has 3 rings (SSSR count). The van der Waals surface area contributed by atoms with Gasteiger partial charge in [-0.1, -0.05) is 55.8 Å². The lowest BCUT2D eigenvalue weighted by molar-refractivity contribution is -0.144. The van der Waals surface area contributed by atoms with Crippen LogP contribution in [0.5, 0.6) is 0 Å². The van der Waals surface area contributed by atoms with Gasteiger partial charge in [0.2, 0.25) is 0 Å². The van der Waals surface area contributed by atoms with Gasteiger partial charge in [-0.05, 0) is 36.1 Å². The van der Waals surface area contributed by atoms with Gasteiger partial charge in [-0.15, -0.1) is 0 Å². The lowest BCUT2D eigenvalue weighted by Crippen LogP contribution is -2.25. The van der Waals surface area contributed by atoms with Crippen molar-refractivity contribution in [3.8, 4) is 17.2 Å². The molecule has 0 radical (unpaired) electrons. The second-order valence-electron chi connectivity index (χ2n) is 7.40. The molecule has 160 valence electrons. The smallest absolute Gasteiger partial charge is 0.327 e. The van der Waals surface area contributed by atoms with Gasteiger partial charge in [-0.3, -0.25) is 19.0 Å². The Morgan fingerprint density at radius 3 is 2.45 bits per heavy atom. The topological polar surface area (TPSA) is 77.0 Å². The number of hydrogen-bond acceptors (Lipinski definition) is 4. The molecule has 0 bridgehead atoms. The Labute approximate surface area is 182 Å². The van der Waals surface area contributed by atoms with Crippen LogP contribution in [0.15, 0.2) is 53.3 Å². The Kier molecular flexibility index (Phi) is 7.09. The van der Waals surface area contributed by atoms with E-state index in [-0.39, 0.29) is 18.1 Å². The third-order valence-electron chi connectivity index (χ3n) is 5.34. The second kappa shape index (κ2) is 9.94. The summed E-state index contributed by atoms with van der Waals surface area (Å²) in [6, 6.07) is 17.6. The van der Waals surface area contributed by atoms with E-state index in [0.29, 0.717) is 30.6 Å². The first-order valence-electron chi connectivity index (χ1n) is 10.5. The zero-order valence-corrected chi connectivity index (χ0v) is 18.2. The maximum atomic E-state index is 13.0. The van der Waals surface area contributed by atoms with Crippen LogP contribution in [0.3, 0.4) is 0 Å². The molecule has 1 heterocycles. The maximum absolute atomic E-state index is 13.0. The van der Waals surface area contributed by atoms with Gasteiger partial charge in [-0.2, -0.15) is 5.26 Å². The molecule has 0 aliphatic heterocycles. The van der Waals surface area contributed by atoms with Gasteiger partial charge in [0.15, 0.2) is 0 Å². The number of ether oxygens (including phenoxy) is 1. The fraction of sp³-hybridized carbons (Fsp3) is 0.320.